The number of carbonyl (C=O) groups is 3. The van der Waals surface area contributed by atoms with E-state index in [4.69, 9.17) is 4.84 Å². The molecule has 0 aromatic heterocycles. The van der Waals surface area contributed by atoms with Crippen LogP contribution in [-0.2, 0) is 4.84 Å². The molecule has 0 aliphatic rings. The lowest BCUT2D eigenvalue weighted by molar-refractivity contribution is -0.0756. The third-order valence-corrected chi connectivity index (χ3v) is 8.28. The van der Waals surface area contributed by atoms with E-state index in [1.165, 1.54) is 7.11 Å². The number of aliphatic hydroxyl groups is 1. The third kappa shape index (κ3) is 7.10. The molecule has 0 heterocycles. The van der Waals surface area contributed by atoms with Crippen LogP contribution in [0.4, 0.5) is 11.4 Å². The number of aliphatic hydroxyl groups excluding tert-OH is 1. The van der Waals surface area contributed by atoms with Crippen LogP contribution in [0.3, 0.4) is 0 Å². The second kappa shape index (κ2) is 14.1. The Labute approximate surface area is 283 Å². The average molecular weight is 648 g/mol. The van der Waals surface area contributed by atoms with Gasteiger partial charge >= 0.3 is 0 Å². The predicted molar refractivity (Wildman–Crippen MR) is 194 cm³/mol. The van der Waals surface area contributed by atoms with E-state index in [-0.39, 0.29) is 23.5 Å². The number of nitrogens with one attached hydrogen (secondary N) is 2. The number of rotatable bonds is 9. The fraction of sp³-hybridized carbons (Fsp3) is 0.0488. The van der Waals surface area contributed by atoms with Gasteiger partial charge in [0, 0.05) is 46.1 Å². The van der Waals surface area contributed by atoms with Crippen molar-refractivity contribution in [2.75, 3.05) is 24.8 Å². The molecule has 0 spiro atoms. The van der Waals surface area contributed by atoms with E-state index in [1.807, 2.05) is 84.9 Å². The first-order valence-electron chi connectivity index (χ1n) is 15.5. The maximum atomic E-state index is 13.1. The standard InChI is InChI=1S/C41H33N3O5/c1-26(45)35-24-25-38(37-7-5-4-6-36(35)37)43-40(47)32-16-10-28(11-17-32)30-20-22-34(23-21-30)42-39(46)31-14-8-27(9-15-31)29-12-18-33(19-13-29)41(48)44(2)49-3/h4-25,45H,1H2,2-3H3,(H,42,46)(H,43,47). The molecule has 0 radical (unpaired) electrons. The Hall–Kier alpha value is -6.51. The minimum Gasteiger partial charge on any atom is -0.508 e. The molecule has 8 heteroatoms. The number of amides is 3. The van der Waals surface area contributed by atoms with Crippen molar-refractivity contribution in [3.05, 3.63) is 162 Å². The van der Waals surface area contributed by atoms with Gasteiger partial charge in [0.2, 0.25) is 0 Å². The lowest BCUT2D eigenvalue weighted by Gasteiger charge is -2.13. The number of fused-ring (bicyclic) bond motifs is 1. The second-order valence-electron chi connectivity index (χ2n) is 11.4. The van der Waals surface area contributed by atoms with Crippen molar-refractivity contribution in [3.63, 3.8) is 0 Å². The first-order valence-corrected chi connectivity index (χ1v) is 15.5. The van der Waals surface area contributed by atoms with E-state index in [0.717, 1.165) is 38.1 Å². The molecule has 6 aromatic carbocycles. The molecule has 242 valence electrons. The molecule has 6 rings (SSSR count). The molecule has 8 nitrogen and oxygen atoms in total. The summed E-state index contributed by atoms with van der Waals surface area (Å²) in [6, 6.07) is 40.2. The number of benzene rings is 6. The average Bonchev–Trinajstić information content (AvgIpc) is 3.14. The number of nitrogens with zero attached hydrogens (tertiary/aromatic N) is 1. The van der Waals surface area contributed by atoms with Crippen molar-refractivity contribution in [1.82, 2.24) is 5.06 Å². The Balaban J connectivity index is 1.07. The number of carbonyl (C=O) groups excluding carboxylic acids is 3. The van der Waals surface area contributed by atoms with Crippen LogP contribution in [0.15, 0.2) is 140 Å². The van der Waals surface area contributed by atoms with E-state index >= 15 is 0 Å². The van der Waals surface area contributed by atoms with Crippen LogP contribution in [0.5, 0.6) is 0 Å². The quantitative estimate of drug-likeness (QED) is 0.107. The minimum atomic E-state index is -0.251. The van der Waals surface area contributed by atoms with Crippen molar-refractivity contribution in [1.29, 1.82) is 0 Å². The van der Waals surface area contributed by atoms with Gasteiger partial charge in [-0.1, -0.05) is 79.4 Å². The van der Waals surface area contributed by atoms with E-state index in [2.05, 4.69) is 17.2 Å². The van der Waals surface area contributed by atoms with Crippen molar-refractivity contribution in [3.8, 4) is 22.3 Å². The third-order valence-electron chi connectivity index (χ3n) is 8.28. The molecular formula is C41H33N3O5. The molecule has 0 saturated carbocycles. The van der Waals surface area contributed by atoms with Crippen LogP contribution < -0.4 is 10.6 Å². The summed E-state index contributed by atoms with van der Waals surface area (Å²) in [4.78, 5) is 43.3. The fourth-order valence-electron chi connectivity index (χ4n) is 5.50. The minimum absolute atomic E-state index is 0.0299. The van der Waals surface area contributed by atoms with Crippen LogP contribution in [0.2, 0.25) is 0 Å². The van der Waals surface area contributed by atoms with Gasteiger partial charge in [-0.25, -0.2) is 5.06 Å². The van der Waals surface area contributed by atoms with Crippen molar-refractivity contribution in [2.45, 2.75) is 0 Å². The van der Waals surface area contributed by atoms with Gasteiger partial charge in [0.05, 0.1) is 7.11 Å². The summed E-state index contributed by atoms with van der Waals surface area (Å²) in [6.07, 6.45) is 0. The highest BCUT2D eigenvalue weighted by atomic mass is 16.7. The normalized spacial score (nSPS) is 10.7. The zero-order chi connectivity index (χ0) is 34.5. The molecule has 3 amide bonds. The first kappa shape index (κ1) is 32.4. The Morgan fingerprint density at radius 1 is 0.592 bits per heavy atom. The molecule has 0 unspecified atom stereocenters. The molecular weight excluding hydrogens is 614 g/mol. The van der Waals surface area contributed by atoms with Crippen molar-refractivity contribution in [2.24, 2.45) is 0 Å². The lowest BCUT2D eigenvalue weighted by Crippen LogP contribution is -2.25. The number of anilines is 2. The molecule has 3 N–H and O–H groups in total. The zero-order valence-electron chi connectivity index (χ0n) is 26.9. The molecule has 6 aromatic rings. The molecule has 49 heavy (non-hydrogen) atoms. The summed E-state index contributed by atoms with van der Waals surface area (Å²) in [5.41, 5.74) is 7.12. The topological polar surface area (TPSA) is 108 Å². The molecule has 0 saturated heterocycles. The largest absolute Gasteiger partial charge is 0.508 e. The Morgan fingerprint density at radius 2 is 1.04 bits per heavy atom. The smallest absolute Gasteiger partial charge is 0.277 e. The second-order valence-corrected chi connectivity index (χ2v) is 11.4. The van der Waals surface area contributed by atoms with E-state index in [1.54, 1.807) is 55.6 Å². The molecule has 0 atom stereocenters. The van der Waals surface area contributed by atoms with Crippen LogP contribution in [0, 0.1) is 0 Å². The zero-order valence-corrected chi connectivity index (χ0v) is 26.9. The van der Waals surface area contributed by atoms with Gasteiger partial charge in [0.15, 0.2) is 0 Å². The van der Waals surface area contributed by atoms with E-state index in [9.17, 15) is 19.5 Å². The van der Waals surface area contributed by atoms with Crippen LogP contribution in [0.1, 0.15) is 36.6 Å². The summed E-state index contributed by atoms with van der Waals surface area (Å²) in [7, 11) is 2.99. The molecule has 0 fully saturated rings. The summed E-state index contributed by atoms with van der Waals surface area (Å²) in [5, 5.41) is 18.6. The van der Waals surface area contributed by atoms with Crippen LogP contribution >= 0.6 is 0 Å². The maximum absolute atomic E-state index is 13.1. The van der Waals surface area contributed by atoms with Gasteiger partial charge in [0.25, 0.3) is 17.7 Å². The maximum Gasteiger partial charge on any atom is 0.277 e. The summed E-state index contributed by atoms with van der Waals surface area (Å²) in [6.45, 7) is 3.64. The number of hydroxylamine groups is 2. The number of hydrogen-bond acceptors (Lipinski definition) is 5. The summed E-state index contributed by atoms with van der Waals surface area (Å²) < 4.78 is 0. The van der Waals surface area contributed by atoms with Gasteiger partial charge in [-0.15, -0.1) is 0 Å². The van der Waals surface area contributed by atoms with Crippen molar-refractivity contribution >= 4 is 45.6 Å². The molecule has 0 bridgehead atoms. The van der Waals surface area contributed by atoms with Crippen LogP contribution in [0.25, 0.3) is 38.8 Å². The van der Waals surface area contributed by atoms with Gasteiger partial charge in [-0.3, -0.25) is 19.2 Å². The SMILES string of the molecule is C=C(O)c1ccc(NC(=O)c2ccc(-c3ccc(NC(=O)c4ccc(-c5ccc(C(=O)N(C)OC)cc5)cc4)cc3)cc2)c2ccccc12. The Bertz CT molecular complexity index is 2170. The van der Waals surface area contributed by atoms with Gasteiger partial charge in [0.1, 0.15) is 5.76 Å². The van der Waals surface area contributed by atoms with Crippen molar-refractivity contribution < 1.29 is 24.3 Å². The van der Waals surface area contributed by atoms with Gasteiger partial charge in [-0.2, -0.15) is 0 Å². The Morgan fingerprint density at radius 3 is 1.53 bits per heavy atom. The lowest BCUT2D eigenvalue weighted by atomic mass is 10.0. The van der Waals surface area contributed by atoms with Gasteiger partial charge < -0.3 is 15.7 Å². The van der Waals surface area contributed by atoms with E-state index in [0.29, 0.717) is 33.6 Å². The number of hydrogen-bond donors (Lipinski definition) is 3. The highest BCUT2D eigenvalue weighted by Crippen LogP contribution is 2.30. The van der Waals surface area contributed by atoms with Gasteiger partial charge in [-0.05, 0) is 88.3 Å². The Kier molecular flexibility index (Phi) is 9.32. The highest BCUT2D eigenvalue weighted by Gasteiger charge is 2.14. The van der Waals surface area contributed by atoms with E-state index < -0.39 is 0 Å². The summed E-state index contributed by atoms with van der Waals surface area (Å²) >= 11 is 0. The fourth-order valence-corrected chi connectivity index (χ4v) is 5.50. The highest BCUT2D eigenvalue weighted by molar-refractivity contribution is 6.10. The monoisotopic (exact) mass is 647 g/mol. The predicted octanol–water partition coefficient (Wildman–Crippen LogP) is 8.84. The first-order chi connectivity index (χ1) is 23.7. The summed E-state index contributed by atoms with van der Waals surface area (Å²) in [5.74, 6) is -0.755. The molecule has 0 aliphatic carbocycles. The van der Waals surface area contributed by atoms with Crippen LogP contribution in [-0.4, -0.2) is 42.0 Å². The molecule has 0 aliphatic heterocycles.